The van der Waals surface area contributed by atoms with Crippen LogP contribution in [0.25, 0.3) is 0 Å². The lowest BCUT2D eigenvalue weighted by Crippen LogP contribution is -2.44. The molecule has 0 aromatic carbocycles. The molecule has 0 heterocycles. The molecule has 0 amide bonds. The fraction of sp³-hybridized carbons (Fsp3) is 0.950. The summed E-state index contributed by atoms with van der Waals surface area (Å²) in [6.45, 7) is 12.9. The van der Waals surface area contributed by atoms with Crippen LogP contribution in [-0.4, -0.2) is 11.6 Å². The topological polar surface area (TPSA) is 26.3 Å². The molecule has 2 heteroatoms. The summed E-state index contributed by atoms with van der Waals surface area (Å²) in [5.41, 5.74) is -0.595. The Labute approximate surface area is 136 Å². The number of carbonyl (C=O) groups excluding carboxylic acids is 1. The van der Waals surface area contributed by atoms with Crippen molar-refractivity contribution in [1.29, 1.82) is 0 Å². The van der Waals surface area contributed by atoms with Gasteiger partial charge in [-0.2, -0.15) is 0 Å². The molecule has 126 valence electrons. The lowest BCUT2D eigenvalue weighted by atomic mass is 9.63. The zero-order valence-electron chi connectivity index (χ0n) is 15.3. The Balaban J connectivity index is 1.82. The van der Waals surface area contributed by atoms with Crippen LogP contribution in [0.5, 0.6) is 0 Å². The van der Waals surface area contributed by atoms with E-state index in [-0.39, 0.29) is 17.0 Å². The van der Waals surface area contributed by atoms with E-state index < -0.39 is 0 Å². The Morgan fingerprint density at radius 3 is 2.50 bits per heavy atom. The Bertz CT molecular complexity index is 449. The molecular weight excluding hydrogens is 272 g/mol. The molecule has 3 aliphatic rings. The predicted octanol–water partition coefficient (Wildman–Crippen LogP) is 5.06. The van der Waals surface area contributed by atoms with Crippen molar-refractivity contribution in [1.82, 2.24) is 0 Å². The summed E-state index contributed by atoms with van der Waals surface area (Å²) >= 11 is 0. The summed E-state index contributed by atoms with van der Waals surface area (Å²) in [5.74, 6) is 4.79. The van der Waals surface area contributed by atoms with Gasteiger partial charge in [0.2, 0.25) is 0 Å². The van der Waals surface area contributed by atoms with Crippen LogP contribution in [0.15, 0.2) is 0 Å². The largest absolute Gasteiger partial charge is 0.460 e. The smallest absolute Gasteiger partial charge is 0.312 e. The summed E-state index contributed by atoms with van der Waals surface area (Å²) in [6, 6.07) is 0. The van der Waals surface area contributed by atoms with Gasteiger partial charge in [0.1, 0.15) is 5.60 Å². The highest BCUT2D eigenvalue weighted by Gasteiger charge is 2.65. The standard InChI is InChI=1S/C20H34O2/c1-7-8-13-9-12(2)16-14-10-15(17(13)16)20(6,11-14)18(21)22-19(3,4)5/h12-17H,7-11H2,1-6H3. The molecule has 0 radical (unpaired) electrons. The summed E-state index contributed by atoms with van der Waals surface area (Å²) in [4.78, 5) is 12.9. The lowest BCUT2D eigenvalue weighted by molar-refractivity contribution is -0.172. The molecule has 3 aliphatic carbocycles. The SMILES string of the molecule is CCCC1CC(C)C2C3CC(C12)C(C)(C(=O)OC(C)(C)C)C3. The average Bonchev–Trinajstić information content (AvgIpc) is 2.99. The van der Waals surface area contributed by atoms with E-state index in [4.69, 9.17) is 4.74 Å². The Morgan fingerprint density at radius 1 is 1.23 bits per heavy atom. The molecule has 2 nitrogen and oxygen atoms in total. The van der Waals surface area contributed by atoms with Crippen LogP contribution in [0.3, 0.4) is 0 Å². The minimum Gasteiger partial charge on any atom is -0.460 e. The molecule has 2 bridgehead atoms. The highest BCUT2D eigenvalue weighted by molar-refractivity contribution is 5.78. The van der Waals surface area contributed by atoms with Gasteiger partial charge in [0.25, 0.3) is 0 Å². The second-order valence-corrected chi connectivity index (χ2v) is 9.64. The molecular formula is C20H34O2. The average molecular weight is 306 g/mol. The molecule has 3 fully saturated rings. The van der Waals surface area contributed by atoms with Crippen LogP contribution < -0.4 is 0 Å². The first-order chi connectivity index (χ1) is 10.2. The van der Waals surface area contributed by atoms with E-state index in [9.17, 15) is 4.79 Å². The van der Waals surface area contributed by atoms with Crippen molar-refractivity contribution in [3.63, 3.8) is 0 Å². The second kappa shape index (κ2) is 5.24. The number of hydrogen-bond acceptors (Lipinski definition) is 2. The molecule has 0 spiro atoms. The Morgan fingerprint density at radius 2 is 1.91 bits per heavy atom. The quantitative estimate of drug-likeness (QED) is 0.681. The van der Waals surface area contributed by atoms with Crippen molar-refractivity contribution in [2.45, 2.75) is 79.2 Å². The zero-order valence-corrected chi connectivity index (χ0v) is 15.3. The van der Waals surface area contributed by atoms with Crippen molar-refractivity contribution in [3.8, 4) is 0 Å². The number of esters is 1. The molecule has 7 unspecified atom stereocenters. The van der Waals surface area contributed by atoms with E-state index in [0.717, 1.165) is 36.0 Å². The molecule has 0 aromatic heterocycles. The van der Waals surface area contributed by atoms with Crippen LogP contribution in [0, 0.1) is 40.9 Å². The third-order valence-corrected chi connectivity index (χ3v) is 6.92. The summed E-state index contributed by atoms with van der Waals surface area (Å²) < 4.78 is 5.81. The number of hydrogen-bond donors (Lipinski definition) is 0. The third kappa shape index (κ3) is 2.41. The minimum atomic E-state index is -0.368. The number of ether oxygens (including phenoxy) is 1. The maximum atomic E-state index is 12.9. The van der Waals surface area contributed by atoms with Crippen molar-refractivity contribution < 1.29 is 9.53 Å². The van der Waals surface area contributed by atoms with Gasteiger partial charge in [-0.1, -0.05) is 26.7 Å². The van der Waals surface area contributed by atoms with Crippen molar-refractivity contribution >= 4 is 5.97 Å². The van der Waals surface area contributed by atoms with Gasteiger partial charge in [-0.3, -0.25) is 4.79 Å². The first kappa shape index (κ1) is 16.3. The van der Waals surface area contributed by atoms with Crippen LogP contribution in [-0.2, 0) is 9.53 Å². The molecule has 0 N–H and O–H groups in total. The zero-order chi connectivity index (χ0) is 16.3. The van der Waals surface area contributed by atoms with Crippen molar-refractivity contribution in [3.05, 3.63) is 0 Å². The van der Waals surface area contributed by atoms with Gasteiger partial charge >= 0.3 is 5.97 Å². The Kier molecular flexibility index (Phi) is 3.89. The van der Waals surface area contributed by atoms with Gasteiger partial charge in [0.05, 0.1) is 5.41 Å². The van der Waals surface area contributed by atoms with Gasteiger partial charge in [-0.15, -0.1) is 0 Å². The van der Waals surface area contributed by atoms with Gasteiger partial charge in [0.15, 0.2) is 0 Å². The van der Waals surface area contributed by atoms with Crippen LogP contribution in [0.2, 0.25) is 0 Å². The maximum Gasteiger partial charge on any atom is 0.312 e. The van der Waals surface area contributed by atoms with E-state index in [1.807, 2.05) is 20.8 Å². The number of fused-ring (bicyclic) bond motifs is 5. The highest BCUT2D eigenvalue weighted by Crippen LogP contribution is 2.69. The predicted molar refractivity (Wildman–Crippen MR) is 89.3 cm³/mol. The van der Waals surface area contributed by atoms with E-state index in [0.29, 0.717) is 5.92 Å². The maximum absolute atomic E-state index is 12.9. The van der Waals surface area contributed by atoms with Crippen LogP contribution in [0.4, 0.5) is 0 Å². The first-order valence-electron chi connectivity index (χ1n) is 9.41. The van der Waals surface area contributed by atoms with E-state index in [1.54, 1.807) is 0 Å². The van der Waals surface area contributed by atoms with E-state index in [2.05, 4.69) is 20.8 Å². The molecule has 0 aromatic rings. The summed E-state index contributed by atoms with van der Waals surface area (Å²) in [5, 5.41) is 0. The molecule has 0 saturated heterocycles. The van der Waals surface area contributed by atoms with Gasteiger partial charge in [-0.25, -0.2) is 0 Å². The minimum absolute atomic E-state index is 0.0701. The lowest BCUT2D eigenvalue weighted by Gasteiger charge is -2.42. The molecule has 22 heavy (non-hydrogen) atoms. The number of rotatable bonds is 3. The van der Waals surface area contributed by atoms with E-state index in [1.165, 1.54) is 25.7 Å². The van der Waals surface area contributed by atoms with E-state index >= 15 is 0 Å². The fourth-order valence-corrected chi connectivity index (χ4v) is 6.41. The van der Waals surface area contributed by atoms with Crippen molar-refractivity contribution in [2.24, 2.45) is 40.9 Å². The molecule has 7 atom stereocenters. The monoisotopic (exact) mass is 306 g/mol. The van der Waals surface area contributed by atoms with Crippen LogP contribution >= 0.6 is 0 Å². The summed E-state index contributed by atoms with van der Waals surface area (Å²) in [7, 11) is 0. The normalized spacial score (nSPS) is 46.8. The third-order valence-electron chi connectivity index (χ3n) is 6.92. The molecule has 0 aliphatic heterocycles. The molecule has 3 saturated carbocycles. The second-order valence-electron chi connectivity index (χ2n) is 9.64. The number of carbonyl (C=O) groups is 1. The van der Waals surface area contributed by atoms with Gasteiger partial charge in [-0.05, 0) is 82.5 Å². The fourth-order valence-electron chi connectivity index (χ4n) is 6.41. The van der Waals surface area contributed by atoms with Crippen LogP contribution in [0.1, 0.15) is 73.6 Å². The van der Waals surface area contributed by atoms with Crippen molar-refractivity contribution in [2.75, 3.05) is 0 Å². The Hall–Kier alpha value is -0.530. The first-order valence-corrected chi connectivity index (χ1v) is 9.41. The summed E-state index contributed by atoms with van der Waals surface area (Å²) in [6.07, 6.45) is 6.35. The van der Waals surface area contributed by atoms with Gasteiger partial charge in [0, 0.05) is 0 Å². The highest BCUT2D eigenvalue weighted by atomic mass is 16.6. The van der Waals surface area contributed by atoms with Gasteiger partial charge < -0.3 is 4.74 Å². The molecule has 3 rings (SSSR count).